The quantitative estimate of drug-likeness (QED) is 0.304. The molecule has 2 aromatic carbocycles. The van der Waals surface area contributed by atoms with Crippen LogP contribution in [-0.2, 0) is 18.4 Å². The highest BCUT2D eigenvalue weighted by molar-refractivity contribution is 8.00. The lowest BCUT2D eigenvalue weighted by atomic mass is 10.3. The summed E-state index contributed by atoms with van der Waals surface area (Å²) in [5.41, 5.74) is 1.33. The fraction of sp³-hybridized carbons (Fsp3) is 0.211. The zero-order valence-electron chi connectivity index (χ0n) is 16.2. The summed E-state index contributed by atoms with van der Waals surface area (Å²) >= 11 is 7.25. The summed E-state index contributed by atoms with van der Waals surface area (Å²) in [5, 5.41) is 25.8. The number of anilines is 2. The number of nitrogens with one attached hydrogen (secondary N) is 2. The van der Waals surface area contributed by atoms with Gasteiger partial charge in [0.05, 0.1) is 16.7 Å². The molecule has 2 N–H and O–H groups in total. The van der Waals surface area contributed by atoms with Gasteiger partial charge in [0.2, 0.25) is 5.91 Å². The molecule has 1 aromatic heterocycles. The van der Waals surface area contributed by atoms with Gasteiger partial charge in [-0.05, 0) is 37.3 Å². The Hall–Kier alpha value is -3.11. The highest BCUT2D eigenvalue weighted by atomic mass is 35.5. The summed E-state index contributed by atoms with van der Waals surface area (Å²) in [5.74, 6) is 0.468. The first kappa shape index (κ1) is 21.6. The minimum Gasteiger partial charge on any atom is -0.378 e. The smallest absolute Gasteiger partial charge is 0.269 e. The van der Waals surface area contributed by atoms with E-state index in [0.717, 1.165) is 5.69 Å². The van der Waals surface area contributed by atoms with Gasteiger partial charge in [0, 0.05) is 35.6 Å². The van der Waals surface area contributed by atoms with Gasteiger partial charge in [0.1, 0.15) is 0 Å². The van der Waals surface area contributed by atoms with Crippen LogP contribution in [0.5, 0.6) is 0 Å². The Labute approximate surface area is 182 Å². The molecular formula is C19H19ClN6O3S. The van der Waals surface area contributed by atoms with Gasteiger partial charge >= 0.3 is 0 Å². The molecule has 1 amide bonds. The van der Waals surface area contributed by atoms with Crippen molar-refractivity contribution in [1.29, 1.82) is 0 Å². The van der Waals surface area contributed by atoms with E-state index in [2.05, 4.69) is 20.8 Å². The van der Waals surface area contributed by atoms with Gasteiger partial charge in [-0.15, -0.1) is 10.2 Å². The molecule has 11 heteroatoms. The van der Waals surface area contributed by atoms with Crippen molar-refractivity contribution in [3.8, 4) is 0 Å². The Morgan fingerprint density at radius 1 is 1.23 bits per heavy atom. The molecule has 30 heavy (non-hydrogen) atoms. The SMILES string of the molecule is C[C@H](Sc1nnc(CNc2cccc(Cl)c2)n1C)C(=O)Nc1ccc([N+](=O)[O-])cc1. The zero-order valence-corrected chi connectivity index (χ0v) is 17.8. The van der Waals surface area contributed by atoms with E-state index in [1.54, 1.807) is 13.0 Å². The molecule has 0 aliphatic rings. The second-order valence-electron chi connectivity index (χ2n) is 6.38. The normalized spacial score (nSPS) is 11.7. The minimum atomic E-state index is -0.489. The number of aromatic nitrogens is 3. The monoisotopic (exact) mass is 446 g/mol. The third-order valence-corrected chi connectivity index (χ3v) is 5.57. The first-order valence-electron chi connectivity index (χ1n) is 8.93. The maximum atomic E-state index is 12.4. The number of nitro groups is 1. The zero-order chi connectivity index (χ0) is 21.7. The van der Waals surface area contributed by atoms with E-state index in [9.17, 15) is 14.9 Å². The largest absolute Gasteiger partial charge is 0.378 e. The van der Waals surface area contributed by atoms with Crippen LogP contribution in [0.1, 0.15) is 12.7 Å². The number of non-ortho nitro benzene ring substituents is 1. The fourth-order valence-electron chi connectivity index (χ4n) is 2.50. The predicted octanol–water partition coefficient (Wildman–Crippen LogP) is 4.11. The maximum absolute atomic E-state index is 12.4. The lowest BCUT2D eigenvalue weighted by molar-refractivity contribution is -0.384. The highest BCUT2D eigenvalue weighted by Gasteiger charge is 2.19. The van der Waals surface area contributed by atoms with Crippen LogP contribution in [0.25, 0.3) is 0 Å². The van der Waals surface area contributed by atoms with Crippen LogP contribution in [-0.4, -0.2) is 30.8 Å². The molecule has 9 nitrogen and oxygen atoms in total. The third kappa shape index (κ3) is 5.49. The number of amides is 1. The molecule has 0 fully saturated rings. The maximum Gasteiger partial charge on any atom is 0.269 e. The number of nitro benzene ring substituents is 1. The summed E-state index contributed by atoms with van der Waals surface area (Å²) in [7, 11) is 1.83. The van der Waals surface area contributed by atoms with Crippen molar-refractivity contribution in [2.75, 3.05) is 10.6 Å². The number of carbonyl (C=O) groups is 1. The Bertz CT molecular complexity index is 1060. The van der Waals surface area contributed by atoms with Gasteiger partial charge in [-0.2, -0.15) is 0 Å². The Morgan fingerprint density at radius 2 is 1.97 bits per heavy atom. The van der Waals surface area contributed by atoms with Crippen molar-refractivity contribution in [3.63, 3.8) is 0 Å². The van der Waals surface area contributed by atoms with E-state index >= 15 is 0 Å². The average Bonchev–Trinajstić information content (AvgIpc) is 3.06. The molecule has 156 valence electrons. The first-order valence-corrected chi connectivity index (χ1v) is 10.2. The van der Waals surface area contributed by atoms with Crippen LogP contribution in [0.3, 0.4) is 0 Å². The molecule has 1 heterocycles. The number of benzene rings is 2. The molecule has 0 bridgehead atoms. The lowest BCUT2D eigenvalue weighted by Crippen LogP contribution is -2.22. The van der Waals surface area contributed by atoms with Crippen LogP contribution in [0.4, 0.5) is 17.1 Å². The Kier molecular flexibility index (Phi) is 6.91. The summed E-state index contributed by atoms with van der Waals surface area (Å²) in [6, 6.07) is 13.1. The van der Waals surface area contributed by atoms with Crippen LogP contribution in [0.2, 0.25) is 5.02 Å². The van der Waals surface area contributed by atoms with Crippen LogP contribution in [0, 0.1) is 10.1 Å². The number of halogens is 1. The molecule has 0 unspecified atom stereocenters. The fourth-order valence-corrected chi connectivity index (χ4v) is 3.53. The van der Waals surface area contributed by atoms with Gasteiger partial charge in [-0.3, -0.25) is 14.9 Å². The number of thioether (sulfide) groups is 1. The van der Waals surface area contributed by atoms with Crippen LogP contribution < -0.4 is 10.6 Å². The standard InChI is InChI=1S/C19H19ClN6O3S/c1-12(18(27)22-14-6-8-16(9-7-14)26(28)29)30-19-24-23-17(25(19)2)11-21-15-5-3-4-13(20)10-15/h3-10,12,21H,11H2,1-2H3,(H,22,27)/t12-/m0/s1. The van der Waals surface area contributed by atoms with Crippen LogP contribution in [0.15, 0.2) is 53.7 Å². The highest BCUT2D eigenvalue weighted by Crippen LogP contribution is 2.24. The van der Waals surface area contributed by atoms with Gasteiger partial charge < -0.3 is 15.2 Å². The van der Waals surface area contributed by atoms with Crippen LogP contribution >= 0.6 is 23.4 Å². The lowest BCUT2D eigenvalue weighted by Gasteiger charge is -2.12. The van der Waals surface area contributed by atoms with Crippen molar-refractivity contribution in [2.45, 2.75) is 23.9 Å². The van der Waals surface area contributed by atoms with E-state index in [4.69, 9.17) is 11.6 Å². The molecule has 0 saturated heterocycles. The van der Waals surface area contributed by atoms with Crippen molar-refractivity contribution in [1.82, 2.24) is 14.8 Å². The molecule has 0 radical (unpaired) electrons. The molecular weight excluding hydrogens is 428 g/mol. The topological polar surface area (TPSA) is 115 Å². The predicted molar refractivity (Wildman–Crippen MR) is 117 cm³/mol. The van der Waals surface area contributed by atoms with Gasteiger partial charge in [0.25, 0.3) is 5.69 Å². The van der Waals surface area contributed by atoms with E-state index in [0.29, 0.717) is 28.2 Å². The number of hydrogen-bond donors (Lipinski definition) is 2. The molecule has 1 atom stereocenters. The number of rotatable bonds is 8. The van der Waals surface area contributed by atoms with Gasteiger partial charge in [-0.1, -0.05) is 29.4 Å². The van der Waals surface area contributed by atoms with Crippen molar-refractivity contribution >= 4 is 46.3 Å². The molecule has 3 aromatic rings. The van der Waals surface area contributed by atoms with Crippen molar-refractivity contribution < 1.29 is 9.72 Å². The third-order valence-electron chi connectivity index (χ3n) is 4.20. The Morgan fingerprint density at radius 3 is 2.63 bits per heavy atom. The van der Waals surface area contributed by atoms with E-state index in [-0.39, 0.29) is 11.6 Å². The summed E-state index contributed by atoms with van der Waals surface area (Å²) < 4.78 is 1.82. The number of carbonyl (C=O) groups excluding carboxylic acids is 1. The van der Waals surface area contributed by atoms with E-state index < -0.39 is 10.2 Å². The number of hydrogen-bond acceptors (Lipinski definition) is 7. The second kappa shape index (κ2) is 9.59. The van der Waals surface area contributed by atoms with Crippen molar-refractivity contribution in [2.24, 2.45) is 7.05 Å². The first-order chi connectivity index (χ1) is 14.3. The van der Waals surface area contributed by atoms with Crippen molar-refractivity contribution in [3.05, 3.63) is 69.5 Å². The van der Waals surface area contributed by atoms with Gasteiger partial charge in [-0.25, -0.2) is 0 Å². The minimum absolute atomic E-state index is 0.0339. The summed E-state index contributed by atoms with van der Waals surface area (Å²) in [4.78, 5) is 22.7. The molecule has 0 saturated carbocycles. The summed E-state index contributed by atoms with van der Waals surface area (Å²) in [6.45, 7) is 2.21. The molecule has 0 aliphatic carbocycles. The van der Waals surface area contributed by atoms with Gasteiger partial charge in [0.15, 0.2) is 11.0 Å². The Balaban J connectivity index is 1.57. The molecule has 0 spiro atoms. The molecule has 3 rings (SSSR count). The average molecular weight is 447 g/mol. The molecule has 0 aliphatic heterocycles. The van der Waals surface area contributed by atoms with E-state index in [1.165, 1.54) is 36.0 Å². The second-order valence-corrected chi connectivity index (χ2v) is 8.12. The summed E-state index contributed by atoms with van der Waals surface area (Å²) in [6.07, 6.45) is 0. The van der Waals surface area contributed by atoms with E-state index in [1.807, 2.05) is 29.8 Å². The number of nitrogens with zero attached hydrogens (tertiary/aromatic N) is 4.